The number of nitrogens with one attached hydrogen (secondary N) is 10. The topological polar surface area (TPSA) is 484 Å². The van der Waals surface area contributed by atoms with Gasteiger partial charge >= 0.3 is 12.1 Å². The molecular formula is C87H123N13O19S. The molecule has 1 aliphatic rings. The van der Waals surface area contributed by atoms with Crippen LogP contribution in [0.2, 0.25) is 0 Å². The molecule has 0 unspecified atom stereocenters. The van der Waals surface area contributed by atoms with Gasteiger partial charge in [0.2, 0.25) is 59.1 Å². The number of alkyl carbamates (subject to hydrolysis) is 1. The molecule has 0 fully saturated rings. The fourth-order valence-electron chi connectivity index (χ4n) is 13.8. The number of carboxylic acid groups (broad SMARTS) is 1. The largest absolute Gasteiger partial charge is 0.488 e. The predicted octanol–water partition coefficient (Wildman–Crippen LogP) is 6.29. The van der Waals surface area contributed by atoms with Crippen molar-refractivity contribution in [2.45, 2.75) is 283 Å². The summed E-state index contributed by atoms with van der Waals surface area (Å²) in [5.74, 6) is -10.1. The third kappa shape index (κ3) is 29.1. The summed E-state index contributed by atoms with van der Waals surface area (Å²) in [6.45, 7) is 31.0. The Balaban J connectivity index is 1.43. The number of benzene rings is 5. The van der Waals surface area contributed by atoms with Gasteiger partial charge in [0.15, 0.2) is 0 Å². The molecule has 0 saturated heterocycles. The normalized spacial score (nSPS) is 15.4. The molecule has 5 aromatic rings. The predicted molar refractivity (Wildman–Crippen MR) is 452 cm³/mol. The average Bonchev–Trinajstić information content (AvgIpc) is 1.33. The van der Waals surface area contributed by atoms with E-state index in [-0.39, 0.29) is 43.5 Å². The van der Waals surface area contributed by atoms with Crippen molar-refractivity contribution in [2.24, 2.45) is 22.4 Å². The molecule has 1 aliphatic heterocycles. The number of amides is 10. The molecule has 33 heteroatoms. The maximum absolute atomic E-state index is 15.5. The minimum atomic E-state index is -4.43. The fraction of sp³-hybridized carbons (Fsp3) is 0.517. The molecule has 10 atom stereocenters. The Morgan fingerprint density at radius 3 is 1.52 bits per heavy atom. The number of aliphatic hydroxyl groups is 1. The van der Waals surface area contributed by atoms with Gasteiger partial charge in [-0.2, -0.15) is 0 Å². The van der Waals surface area contributed by atoms with Gasteiger partial charge < -0.3 is 88.5 Å². The van der Waals surface area contributed by atoms with Crippen LogP contribution in [0, 0.1) is 26.7 Å². The standard InChI is InChI=1S/C87H123N13O19S/c1-49(2)46-65(77(108)92-63(74(105)95-66(76(107)91-53(6)80(111)112)47-56-37-39-60(40-38-56)117-84(12,13)14)42-44-68(103)99-87(57-30-23-20-24-31-57,58-32-25-21-26-33-58)59-34-27-22-28-35-59)94-73(104)62(36-29-45-90-81(89)100-120(114,115)72-51(4)50(3)71-61(52(72)5)48-86(18,19)118-71)93-79(110)70(55(8)116-83(9,10)11)98-78(109)69(54(7)101)97-75(106)64(41-43-67(88)102)96-82(113)119-85(15,16)17/h20-28,30-35,37-40,49,53-55,62-66,69-70,101H,29,36,41-48H2,1-19H3,(H2,88,102)(H,91,107)(H,92,108)(H,93,110)(H,94,104)(H,95,105)(H,96,113)(H,97,106)(H,98,109)(H,99,103)(H,111,112)(H3,89,90,100)/t53-,54+,55+,62-,63-,64-,65-,66-,69-,70-/m0/s1. The van der Waals surface area contributed by atoms with E-state index >= 15 is 24.0 Å². The highest BCUT2D eigenvalue weighted by atomic mass is 32.2. The third-order valence-electron chi connectivity index (χ3n) is 19.4. The first-order valence-electron chi connectivity index (χ1n) is 40.2. The van der Waals surface area contributed by atoms with Crippen LogP contribution in [-0.2, 0) is 85.8 Å². The van der Waals surface area contributed by atoms with Crippen LogP contribution in [0.15, 0.2) is 125 Å². The lowest BCUT2D eigenvalue weighted by atomic mass is 9.77. The molecule has 0 bridgehead atoms. The van der Waals surface area contributed by atoms with Gasteiger partial charge in [0.25, 0.3) is 10.0 Å². The molecule has 0 radical (unpaired) electrons. The monoisotopic (exact) mass is 1690 g/mol. The minimum Gasteiger partial charge on any atom is -0.488 e. The summed E-state index contributed by atoms with van der Waals surface area (Å²) >= 11 is 0. The van der Waals surface area contributed by atoms with E-state index in [0.29, 0.717) is 62.4 Å². The zero-order chi connectivity index (χ0) is 89.7. The van der Waals surface area contributed by atoms with Gasteiger partial charge in [-0.05, 0) is 207 Å². The van der Waals surface area contributed by atoms with Crippen molar-refractivity contribution in [2.75, 3.05) is 6.54 Å². The highest BCUT2D eigenvalue weighted by Gasteiger charge is 2.43. The van der Waals surface area contributed by atoms with Crippen LogP contribution in [0.3, 0.4) is 0 Å². The Kier molecular flexibility index (Phi) is 34.3. The van der Waals surface area contributed by atoms with Crippen molar-refractivity contribution in [3.05, 3.63) is 160 Å². The summed E-state index contributed by atoms with van der Waals surface area (Å²) in [5.41, 5.74) is 11.8. The minimum absolute atomic E-state index is 0.0284. The van der Waals surface area contributed by atoms with E-state index in [1.165, 1.54) is 13.8 Å². The van der Waals surface area contributed by atoms with Crippen molar-refractivity contribution in [1.82, 2.24) is 52.6 Å². The van der Waals surface area contributed by atoms with Crippen LogP contribution < -0.4 is 73.5 Å². The first kappa shape index (κ1) is 97.6. The van der Waals surface area contributed by atoms with Crippen molar-refractivity contribution >= 4 is 81.2 Å². The van der Waals surface area contributed by atoms with E-state index in [9.17, 15) is 47.4 Å². The Bertz CT molecular complexity index is 4490. The number of nitrogens with two attached hydrogens (primary N) is 2. The summed E-state index contributed by atoms with van der Waals surface area (Å²) in [4.78, 5) is 162. The molecule has 0 aromatic heterocycles. The van der Waals surface area contributed by atoms with Crippen molar-refractivity contribution in [1.29, 1.82) is 0 Å². The molecule has 10 amide bonds. The Hall–Kier alpha value is -11.2. The van der Waals surface area contributed by atoms with E-state index in [1.807, 2.05) is 126 Å². The lowest BCUT2D eigenvalue weighted by molar-refractivity contribution is -0.142. The second-order valence-corrected chi connectivity index (χ2v) is 36.0. The Morgan fingerprint density at radius 2 is 1.02 bits per heavy atom. The summed E-state index contributed by atoms with van der Waals surface area (Å²) in [5, 5.41) is 45.0. The first-order valence-corrected chi connectivity index (χ1v) is 41.7. The molecule has 656 valence electrons. The number of rotatable bonds is 40. The van der Waals surface area contributed by atoms with E-state index in [4.69, 9.17) is 30.4 Å². The van der Waals surface area contributed by atoms with E-state index in [2.05, 4.69) is 57.6 Å². The van der Waals surface area contributed by atoms with Crippen LogP contribution >= 0.6 is 0 Å². The third-order valence-corrected chi connectivity index (χ3v) is 21.1. The average molecular weight is 1690 g/mol. The Morgan fingerprint density at radius 1 is 0.550 bits per heavy atom. The number of carbonyl (C=O) groups excluding carboxylic acids is 10. The van der Waals surface area contributed by atoms with Crippen LogP contribution in [0.25, 0.3) is 0 Å². The van der Waals surface area contributed by atoms with Crippen LogP contribution in [-0.4, -0.2) is 179 Å². The number of hydrogen-bond donors (Lipinski definition) is 14. The smallest absolute Gasteiger partial charge is 0.408 e. The molecule has 1 heterocycles. The lowest BCUT2D eigenvalue weighted by Gasteiger charge is -2.37. The van der Waals surface area contributed by atoms with Gasteiger partial charge in [-0.25, -0.2) is 17.9 Å². The number of carbonyl (C=O) groups is 11. The zero-order valence-electron chi connectivity index (χ0n) is 72.2. The molecule has 120 heavy (non-hydrogen) atoms. The summed E-state index contributed by atoms with van der Waals surface area (Å²) in [6.07, 6.45) is -6.39. The lowest BCUT2D eigenvalue weighted by Crippen LogP contribution is -2.63. The number of nitrogens with zero attached hydrogens (tertiary/aromatic N) is 1. The molecule has 32 nitrogen and oxygen atoms in total. The first-order chi connectivity index (χ1) is 55.8. The van der Waals surface area contributed by atoms with E-state index in [1.54, 1.807) is 100 Å². The number of aliphatic carboxylic acids is 1. The summed E-state index contributed by atoms with van der Waals surface area (Å²) < 4.78 is 54.9. The second-order valence-electron chi connectivity index (χ2n) is 34.4. The molecular weight excluding hydrogens is 1560 g/mol. The zero-order valence-corrected chi connectivity index (χ0v) is 73.1. The van der Waals surface area contributed by atoms with Crippen molar-refractivity contribution in [3.63, 3.8) is 0 Å². The number of primary amides is 1. The number of aliphatic imine (C=N–C) groups is 1. The van der Waals surface area contributed by atoms with Crippen molar-refractivity contribution < 1.29 is 90.3 Å². The molecule has 0 saturated carbocycles. The molecule has 5 aromatic carbocycles. The highest BCUT2D eigenvalue weighted by Crippen LogP contribution is 2.44. The molecule has 0 spiro atoms. The number of aliphatic hydroxyl groups excluding tert-OH is 1. The number of fused-ring (bicyclic) bond motifs is 1. The highest BCUT2D eigenvalue weighted by molar-refractivity contribution is 7.90. The van der Waals surface area contributed by atoms with Gasteiger partial charge in [-0.15, -0.1) is 0 Å². The number of guanidine groups is 1. The van der Waals surface area contributed by atoms with E-state index in [0.717, 1.165) is 6.92 Å². The molecule has 6 rings (SSSR count). The molecule has 0 aliphatic carbocycles. The van der Waals surface area contributed by atoms with Crippen LogP contribution in [0.4, 0.5) is 4.79 Å². The maximum atomic E-state index is 15.5. The van der Waals surface area contributed by atoms with E-state index < -0.39 is 195 Å². The van der Waals surface area contributed by atoms with Gasteiger partial charge in [-0.3, -0.25) is 52.9 Å². The SMILES string of the molecule is Cc1c(C)c(S(=O)(=O)NC(N)=NCCC[C@H](NC(=O)[C@@H](NC(=O)[C@@H](NC(=O)[C@H](CCC(N)=O)NC(=O)OC(C)(C)C)[C@@H](C)O)[C@@H](C)OC(C)(C)C)C(=O)N[C@@H](CC(C)C)C(=O)N[C@@H](CCC(=O)NC(c2ccccc2)(c2ccccc2)c2ccccc2)C(=O)N[C@@H](Cc2ccc(OC(C)(C)C)cc2)C(=O)N[C@@H](C)C(=O)O)c(C)c2c1OC(C)(C)C2. The van der Waals surface area contributed by atoms with Gasteiger partial charge in [0.05, 0.1) is 22.7 Å². The van der Waals surface area contributed by atoms with Gasteiger partial charge in [0, 0.05) is 37.8 Å². The maximum Gasteiger partial charge on any atom is 0.408 e. The van der Waals surface area contributed by atoms with Crippen LogP contribution in [0.1, 0.15) is 200 Å². The van der Waals surface area contributed by atoms with Crippen LogP contribution in [0.5, 0.6) is 11.5 Å². The van der Waals surface area contributed by atoms with Crippen molar-refractivity contribution in [3.8, 4) is 11.5 Å². The second kappa shape index (κ2) is 42.2. The number of sulfonamides is 1. The van der Waals surface area contributed by atoms with Gasteiger partial charge in [-0.1, -0.05) is 117 Å². The quantitative estimate of drug-likeness (QED) is 0.00886. The fourth-order valence-corrected chi connectivity index (χ4v) is 15.3. The number of hydrogen-bond acceptors (Lipinski definition) is 19. The summed E-state index contributed by atoms with van der Waals surface area (Å²) in [7, 11) is -4.43. The van der Waals surface area contributed by atoms with Gasteiger partial charge in [0.1, 0.15) is 82.2 Å². The molecule has 16 N–H and O–H groups in total. The number of carboxylic acids is 1. The summed E-state index contributed by atoms with van der Waals surface area (Å²) in [6, 6.07) is 20.8. The Labute approximate surface area is 703 Å². The number of ether oxygens (including phenoxy) is 4.